The first-order chi connectivity index (χ1) is 9.87. The molecular formula is C15H23F3N2O. The van der Waals surface area contributed by atoms with Crippen LogP contribution in [-0.2, 0) is 6.54 Å². The van der Waals surface area contributed by atoms with Crippen LogP contribution in [-0.4, -0.2) is 21.7 Å². The van der Waals surface area contributed by atoms with Crippen LogP contribution in [0.5, 0.6) is 0 Å². The molecule has 0 aliphatic heterocycles. The van der Waals surface area contributed by atoms with E-state index in [-0.39, 0.29) is 17.4 Å². The molecule has 0 aliphatic rings. The molecular weight excluding hydrogens is 281 g/mol. The second kappa shape index (κ2) is 8.20. The maximum absolute atomic E-state index is 12.4. The Kier molecular flexibility index (Phi) is 6.92. The molecule has 0 saturated carbocycles. The monoisotopic (exact) mass is 304 g/mol. The van der Waals surface area contributed by atoms with Gasteiger partial charge in [0, 0.05) is 12.1 Å². The van der Waals surface area contributed by atoms with Crippen LogP contribution in [0.4, 0.5) is 13.2 Å². The number of aromatic nitrogens is 2. The van der Waals surface area contributed by atoms with Crippen molar-refractivity contribution in [1.29, 1.82) is 0 Å². The van der Waals surface area contributed by atoms with Gasteiger partial charge in [0.15, 0.2) is 5.78 Å². The standard InChI is InChI=1S/C15H23F3N2O/c1-3-5-6-8-12(7-4-2)14(21)13-9-10-20(19-13)11-15(16,17)18/h9-10,12H,3-8,11H2,1-2H3. The Hall–Kier alpha value is -1.33. The van der Waals surface area contributed by atoms with Crippen molar-refractivity contribution in [3.63, 3.8) is 0 Å². The van der Waals surface area contributed by atoms with E-state index in [4.69, 9.17) is 0 Å². The van der Waals surface area contributed by atoms with Gasteiger partial charge in [0.2, 0.25) is 0 Å². The van der Waals surface area contributed by atoms with E-state index >= 15 is 0 Å². The van der Waals surface area contributed by atoms with Crippen molar-refractivity contribution in [2.75, 3.05) is 0 Å². The first kappa shape index (κ1) is 17.7. The zero-order valence-electron chi connectivity index (χ0n) is 12.6. The van der Waals surface area contributed by atoms with Crippen molar-refractivity contribution in [3.8, 4) is 0 Å². The lowest BCUT2D eigenvalue weighted by Crippen LogP contribution is -2.20. The number of nitrogens with zero attached hydrogens (tertiary/aromatic N) is 2. The minimum absolute atomic E-state index is 0.129. The molecule has 0 saturated heterocycles. The summed E-state index contributed by atoms with van der Waals surface area (Å²) in [5.41, 5.74) is 0.147. The van der Waals surface area contributed by atoms with Crippen molar-refractivity contribution >= 4 is 5.78 Å². The number of rotatable bonds is 9. The number of carbonyl (C=O) groups is 1. The van der Waals surface area contributed by atoms with Gasteiger partial charge in [-0.25, -0.2) is 0 Å². The molecule has 0 N–H and O–H groups in total. The molecule has 1 unspecified atom stereocenters. The Balaban J connectivity index is 2.70. The molecule has 0 radical (unpaired) electrons. The fraction of sp³-hybridized carbons (Fsp3) is 0.733. The SMILES string of the molecule is CCCCCC(CCC)C(=O)c1ccn(CC(F)(F)F)n1. The number of hydrogen-bond donors (Lipinski definition) is 0. The average Bonchev–Trinajstić information content (AvgIpc) is 2.83. The van der Waals surface area contributed by atoms with Crippen LogP contribution in [0.15, 0.2) is 12.3 Å². The highest BCUT2D eigenvalue weighted by molar-refractivity contribution is 5.95. The quantitative estimate of drug-likeness (QED) is 0.492. The number of ketones is 1. The zero-order chi connectivity index (χ0) is 15.9. The highest BCUT2D eigenvalue weighted by Crippen LogP contribution is 2.21. The van der Waals surface area contributed by atoms with E-state index in [1.165, 1.54) is 12.3 Å². The summed E-state index contributed by atoms with van der Waals surface area (Å²) in [4.78, 5) is 12.4. The van der Waals surface area contributed by atoms with E-state index in [0.717, 1.165) is 43.2 Å². The predicted octanol–water partition coefficient (Wildman–Crippen LogP) is 4.62. The van der Waals surface area contributed by atoms with Crippen LogP contribution in [0.25, 0.3) is 0 Å². The van der Waals surface area contributed by atoms with E-state index in [2.05, 4.69) is 12.0 Å². The Morgan fingerprint density at radius 1 is 1.24 bits per heavy atom. The summed E-state index contributed by atoms with van der Waals surface area (Å²) in [6, 6.07) is 1.39. The predicted molar refractivity (Wildman–Crippen MR) is 75.2 cm³/mol. The third-order valence-corrected chi connectivity index (χ3v) is 3.40. The lowest BCUT2D eigenvalue weighted by Gasteiger charge is -2.13. The minimum Gasteiger partial charge on any atom is -0.292 e. The van der Waals surface area contributed by atoms with Gasteiger partial charge in [-0.05, 0) is 18.9 Å². The van der Waals surface area contributed by atoms with Gasteiger partial charge in [0.25, 0.3) is 0 Å². The summed E-state index contributed by atoms with van der Waals surface area (Å²) in [5, 5.41) is 3.77. The lowest BCUT2D eigenvalue weighted by molar-refractivity contribution is -0.142. The van der Waals surface area contributed by atoms with E-state index < -0.39 is 12.7 Å². The summed E-state index contributed by atoms with van der Waals surface area (Å²) in [6.07, 6.45) is 2.43. The molecule has 0 spiro atoms. The van der Waals surface area contributed by atoms with Gasteiger partial charge in [-0.1, -0.05) is 39.5 Å². The van der Waals surface area contributed by atoms with Crippen molar-refractivity contribution in [3.05, 3.63) is 18.0 Å². The Morgan fingerprint density at radius 3 is 2.52 bits per heavy atom. The fourth-order valence-corrected chi connectivity index (χ4v) is 2.37. The van der Waals surface area contributed by atoms with Gasteiger partial charge >= 0.3 is 6.18 Å². The first-order valence-electron chi connectivity index (χ1n) is 7.51. The molecule has 3 nitrogen and oxygen atoms in total. The molecule has 1 aromatic heterocycles. The minimum atomic E-state index is -4.32. The van der Waals surface area contributed by atoms with Gasteiger partial charge in [-0.2, -0.15) is 18.3 Å². The van der Waals surface area contributed by atoms with Crippen LogP contribution in [0.2, 0.25) is 0 Å². The molecule has 21 heavy (non-hydrogen) atoms. The normalized spacial score (nSPS) is 13.4. The largest absolute Gasteiger partial charge is 0.408 e. The van der Waals surface area contributed by atoms with Gasteiger partial charge in [0.1, 0.15) is 12.2 Å². The first-order valence-corrected chi connectivity index (χ1v) is 7.51. The van der Waals surface area contributed by atoms with Gasteiger partial charge in [-0.3, -0.25) is 9.48 Å². The van der Waals surface area contributed by atoms with Crippen LogP contribution in [0.3, 0.4) is 0 Å². The number of unbranched alkanes of at least 4 members (excludes halogenated alkanes) is 2. The highest BCUT2D eigenvalue weighted by Gasteiger charge is 2.29. The summed E-state index contributed by atoms with van der Waals surface area (Å²) in [6.45, 7) is 2.94. The van der Waals surface area contributed by atoms with Gasteiger partial charge < -0.3 is 0 Å². The van der Waals surface area contributed by atoms with E-state index in [9.17, 15) is 18.0 Å². The molecule has 120 valence electrons. The van der Waals surface area contributed by atoms with Crippen LogP contribution < -0.4 is 0 Å². The molecule has 0 aromatic carbocycles. The number of halogens is 3. The van der Waals surface area contributed by atoms with Crippen molar-refractivity contribution in [2.45, 2.75) is 65.1 Å². The summed E-state index contributed by atoms with van der Waals surface area (Å²) in [7, 11) is 0. The number of carbonyl (C=O) groups excluding carboxylic acids is 1. The molecule has 6 heteroatoms. The van der Waals surface area contributed by atoms with Crippen LogP contribution in [0, 0.1) is 5.92 Å². The fourth-order valence-electron chi connectivity index (χ4n) is 2.37. The molecule has 1 atom stereocenters. The zero-order valence-corrected chi connectivity index (χ0v) is 12.6. The average molecular weight is 304 g/mol. The maximum atomic E-state index is 12.4. The smallest absolute Gasteiger partial charge is 0.292 e. The Labute approximate surface area is 123 Å². The van der Waals surface area contributed by atoms with Crippen LogP contribution in [0.1, 0.15) is 62.9 Å². The van der Waals surface area contributed by atoms with Crippen molar-refractivity contribution in [1.82, 2.24) is 9.78 Å². The van der Waals surface area contributed by atoms with E-state index in [0.29, 0.717) is 0 Å². The molecule has 1 aromatic rings. The molecule has 1 heterocycles. The summed E-state index contributed by atoms with van der Waals surface area (Å²) in [5.74, 6) is -0.260. The maximum Gasteiger partial charge on any atom is 0.408 e. The van der Waals surface area contributed by atoms with Gasteiger partial charge in [-0.15, -0.1) is 0 Å². The highest BCUT2D eigenvalue weighted by atomic mass is 19.4. The summed E-state index contributed by atoms with van der Waals surface area (Å²) >= 11 is 0. The van der Waals surface area contributed by atoms with Crippen molar-refractivity contribution < 1.29 is 18.0 Å². The van der Waals surface area contributed by atoms with E-state index in [1.807, 2.05) is 6.92 Å². The van der Waals surface area contributed by atoms with E-state index in [1.54, 1.807) is 0 Å². The summed E-state index contributed by atoms with van der Waals surface area (Å²) < 4.78 is 37.7. The Morgan fingerprint density at radius 2 is 1.95 bits per heavy atom. The van der Waals surface area contributed by atoms with Crippen LogP contribution >= 0.6 is 0 Å². The number of Topliss-reactive ketones (excluding diaryl/α,β-unsaturated/α-hetero) is 1. The molecule has 1 rings (SSSR count). The third kappa shape index (κ3) is 6.31. The topological polar surface area (TPSA) is 34.9 Å². The molecule has 0 fully saturated rings. The molecule has 0 amide bonds. The molecule has 0 aliphatic carbocycles. The third-order valence-electron chi connectivity index (χ3n) is 3.40. The lowest BCUT2D eigenvalue weighted by atomic mass is 9.91. The second-order valence-electron chi connectivity index (χ2n) is 5.36. The molecule has 0 bridgehead atoms. The second-order valence-corrected chi connectivity index (χ2v) is 5.36. The van der Waals surface area contributed by atoms with Gasteiger partial charge in [0.05, 0.1) is 0 Å². The Bertz CT molecular complexity index is 440. The number of hydrogen-bond acceptors (Lipinski definition) is 2. The number of alkyl halides is 3. The van der Waals surface area contributed by atoms with Crippen molar-refractivity contribution in [2.24, 2.45) is 5.92 Å².